The number of nitrogens with one attached hydrogen (secondary N) is 4. The standard InChI is InChI=1S/C57H67N11O6S/c1-37-13-22-44(30-47(37)64-56-59-25-23-46(63-56)43-10-9-24-58-33-43)62-53(72)42-20-16-40(17-21-42)34-66-26-28-67(29-27-66)50(71)12-8-6-7-11-49(70)65-52(57(3,4)5)55(74)68-35-45(69)31-48(68)54(73)60-32-39-14-18-41(19-15-39)51-38(2)61-36-75-51/h9-10,13-25,30,33,36,45,48,52,69H,6-8,11-12,26-29,31-32,34-35H2,1-5H3,(H,60,73)(H,62,72)(H,65,70)(H,59,63,64)/t45-,48+,52-/m1/s1. The van der Waals surface area contributed by atoms with Gasteiger partial charge in [0.05, 0.1) is 27.9 Å². The molecule has 3 aromatic heterocycles. The molecule has 0 unspecified atom stereocenters. The van der Waals surface area contributed by atoms with Crippen molar-refractivity contribution >= 4 is 58.2 Å². The fourth-order valence-corrected chi connectivity index (χ4v) is 10.1. The number of anilines is 3. The minimum atomic E-state index is -0.909. The van der Waals surface area contributed by atoms with Crippen LogP contribution in [0, 0.1) is 19.3 Å². The molecule has 5 amide bonds. The van der Waals surface area contributed by atoms with Crippen molar-refractivity contribution < 1.29 is 29.1 Å². The van der Waals surface area contributed by atoms with Crippen LogP contribution in [-0.4, -0.2) is 120 Å². The first-order chi connectivity index (χ1) is 36.1. The summed E-state index contributed by atoms with van der Waals surface area (Å²) >= 11 is 1.57. The van der Waals surface area contributed by atoms with Crippen LogP contribution in [-0.2, 0) is 32.3 Å². The number of carbonyl (C=O) groups is 5. The van der Waals surface area contributed by atoms with Crippen LogP contribution < -0.4 is 21.3 Å². The molecule has 0 bridgehead atoms. The number of benzene rings is 3. The second kappa shape index (κ2) is 24.7. The highest BCUT2D eigenvalue weighted by Gasteiger charge is 2.44. The van der Waals surface area contributed by atoms with Gasteiger partial charge in [0.15, 0.2) is 0 Å². The number of aliphatic hydroxyl groups excluding tert-OH is 1. The Morgan fingerprint density at radius 3 is 2.28 bits per heavy atom. The number of aromatic nitrogens is 4. The van der Waals surface area contributed by atoms with Gasteiger partial charge in [-0.1, -0.05) is 69.7 Å². The van der Waals surface area contributed by atoms with Crippen LogP contribution in [0.1, 0.15) is 92.0 Å². The van der Waals surface area contributed by atoms with Gasteiger partial charge in [0.1, 0.15) is 12.1 Å². The van der Waals surface area contributed by atoms with E-state index in [4.69, 9.17) is 0 Å². The number of hydrogen-bond donors (Lipinski definition) is 5. The van der Waals surface area contributed by atoms with E-state index in [-0.39, 0.29) is 49.6 Å². The Labute approximate surface area is 442 Å². The van der Waals surface area contributed by atoms with E-state index in [2.05, 4.69) is 46.1 Å². The SMILES string of the molecule is Cc1ccc(NC(=O)c2ccc(CN3CCN(C(=O)CCCCCC(=O)N[C@H](C(=O)N4C[C@H](O)C[C@H]4C(=O)NCc4ccc(-c5scnc5C)cc4)C(C)(C)C)CC3)cc2)cc1Nc1nccc(-c2cccnc2)n1. The average molecular weight is 1030 g/mol. The van der Waals surface area contributed by atoms with E-state index in [0.29, 0.717) is 62.5 Å². The summed E-state index contributed by atoms with van der Waals surface area (Å²) in [5, 5.41) is 22.8. The highest BCUT2D eigenvalue weighted by atomic mass is 32.1. The van der Waals surface area contributed by atoms with Gasteiger partial charge in [-0.15, -0.1) is 11.3 Å². The van der Waals surface area contributed by atoms with Crippen LogP contribution in [0.5, 0.6) is 0 Å². The molecule has 2 aliphatic heterocycles. The number of nitrogens with zero attached hydrogens (tertiary/aromatic N) is 7. The summed E-state index contributed by atoms with van der Waals surface area (Å²) in [5.41, 5.74) is 9.67. The second-order valence-electron chi connectivity index (χ2n) is 20.5. The number of carbonyl (C=O) groups excluding carboxylic acids is 5. The number of β-amino-alcohol motifs (C(OH)–C–C–N with tert-alkyl or cyclic N) is 1. The predicted molar refractivity (Wildman–Crippen MR) is 291 cm³/mol. The number of aryl methyl sites for hydroxylation is 2. The molecule has 75 heavy (non-hydrogen) atoms. The lowest BCUT2D eigenvalue weighted by Crippen LogP contribution is -2.57. The van der Waals surface area contributed by atoms with Gasteiger partial charge < -0.3 is 36.2 Å². The van der Waals surface area contributed by atoms with Crippen LogP contribution in [0.2, 0.25) is 0 Å². The number of hydrogen-bond acceptors (Lipinski definition) is 13. The molecular formula is C57H67N11O6S. The monoisotopic (exact) mass is 1030 g/mol. The number of unbranched alkanes of at least 4 members (excludes halogenated alkanes) is 2. The number of thiazole rings is 1. The lowest BCUT2D eigenvalue weighted by atomic mass is 9.85. The number of pyridine rings is 1. The molecule has 5 heterocycles. The van der Waals surface area contributed by atoms with Gasteiger partial charge in [0, 0.05) is 106 Å². The van der Waals surface area contributed by atoms with Crippen LogP contribution in [0.15, 0.2) is 109 Å². The first kappa shape index (κ1) is 53.9. The van der Waals surface area contributed by atoms with Gasteiger partial charge in [0.25, 0.3) is 5.91 Å². The molecule has 18 heteroatoms. The third kappa shape index (κ3) is 14.5. The average Bonchev–Trinajstić information content (AvgIpc) is 4.03. The van der Waals surface area contributed by atoms with Crippen molar-refractivity contribution in [2.75, 3.05) is 43.4 Å². The summed E-state index contributed by atoms with van der Waals surface area (Å²) in [6.45, 7) is 13.2. The number of likely N-dealkylation sites (tertiary alicyclic amines) is 1. The van der Waals surface area contributed by atoms with Gasteiger partial charge in [-0.25, -0.2) is 15.0 Å². The van der Waals surface area contributed by atoms with Gasteiger partial charge in [0.2, 0.25) is 29.6 Å². The molecule has 0 spiro atoms. The lowest BCUT2D eigenvalue weighted by molar-refractivity contribution is -0.144. The molecule has 0 saturated carbocycles. The summed E-state index contributed by atoms with van der Waals surface area (Å²) in [7, 11) is 0. The normalized spacial score (nSPS) is 16.3. The van der Waals surface area contributed by atoms with E-state index in [1.54, 1.807) is 29.9 Å². The third-order valence-electron chi connectivity index (χ3n) is 13.7. The van der Waals surface area contributed by atoms with Crippen LogP contribution in [0.3, 0.4) is 0 Å². The molecule has 17 nitrogen and oxygen atoms in total. The molecule has 2 fully saturated rings. The minimum absolute atomic E-state index is 0.000713. The van der Waals surface area contributed by atoms with E-state index in [1.165, 1.54) is 4.90 Å². The van der Waals surface area contributed by atoms with Gasteiger partial charge in [-0.05, 0) is 96.8 Å². The maximum absolute atomic E-state index is 14.1. The molecular weight excluding hydrogens is 967 g/mol. The molecule has 8 rings (SSSR count). The Kier molecular flexibility index (Phi) is 17.8. The maximum Gasteiger partial charge on any atom is 0.255 e. The van der Waals surface area contributed by atoms with E-state index in [0.717, 1.165) is 62.9 Å². The smallest absolute Gasteiger partial charge is 0.255 e. The zero-order valence-electron chi connectivity index (χ0n) is 43.3. The quantitative estimate of drug-likeness (QED) is 0.0494. The molecule has 6 aromatic rings. The van der Waals surface area contributed by atoms with Crippen LogP contribution >= 0.6 is 11.3 Å². The van der Waals surface area contributed by atoms with Crippen molar-refractivity contribution in [3.63, 3.8) is 0 Å². The van der Waals surface area contributed by atoms with Crippen LogP contribution in [0.4, 0.5) is 17.3 Å². The topological polar surface area (TPSA) is 215 Å². The molecule has 392 valence electrons. The molecule has 3 aromatic carbocycles. The van der Waals surface area contributed by atoms with Gasteiger partial charge >= 0.3 is 0 Å². The Morgan fingerprint density at radius 1 is 0.827 bits per heavy atom. The first-order valence-electron chi connectivity index (χ1n) is 25.6. The summed E-state index contributed by atoms with van der Waals surface area (Å²) in [6.07, 6.45) is 6.87. The molecule has 2 saturated heterocycles. The van der Waals surface area contributed by atoms with Crippen molar-refractivity contribution in [3.05, 3.63) is 137 Å². The highest BCUT2D eigenvalue weighted by molar-refractivity contribution is 7.13. The third-order valence-corrected chi connectivity index (χ3v) is 14.7. The zero-order valence-corrected chi connectivity index (χ0v) is 44.2. The van der Waals surface area contributed by atoms with Gasteiger partial charge in [-0.2, -0.15) is 0 Å². The predicted octanol–water partition coefficient (Wildman–Crippen LogP) is 7.68. The second-order valence-corrected chi connectivity index (χ2v) is 21.3. The van der Waals surface area contributed by atoms with Crippen LogP contribution in [0.25, 0.3) is 21.7 Å². The van der Waals surface area contributed by atoms with E-state index in [1.807, 2.05) is 130 Å². The van der Waals surface area contributed by atoms with E-state index >= 15 is 0 Å². The summed E-state index contributed by atoms with van der Waals surface area (Å²) in [4.78, 5) is 91.6. The number of amides is 5. The Morgan fingerprint density at radius 2 is 1.57 bits per heavy atom. The highest BCUT2D eigenvalue weighted by Crippen LogP contribution is 2.30. The van der Waals surface area contributed by atoms with Gasteiger partial charge in [-0.3, -0.25) is 33.9 Å². The molecule has 0 radical (unpaired) electrons. The largest absolute Gasteiger partial charge is 0.391 e. The van der Waals surface area contributed by atoms with Crippen molar-refractivity contribution in [2.45, 2.75) is 104 Å². The fourth-order valence-electron chi connectivity index (χ4n) is 9.34. The lowest BCUT2D eigenvalue weighted by Gasteiger charge is -2.35. The maximum atomic E-state index is 14.1. The molecule has 2 aliphatic rings. The number of rotatable bonds is 19. The Bertz CT molecular complexity index is 2940. The number of piperazine rings is 1. The van der Waals surface area contributed by atoms with E-state index in [9.17, 15) is 29.1 Å². The Hall–Kier alpha value is -7.41. The first-order valence-corrected chi connectivity index (χ1v) is 26.5. The van der Waals surface area contributed by atoms with Crippen molar-refractivity contribution in [1.82, 2.24) is 45.3 Å². The molecule has 3 atom stereocenters. The minimum Gasteiger partial charge on any atom is -0.391 e. The van der Waals surface area contributed by atoms with Crippen molar-refractivity contribution in [1.29, 1.82) is 0 Å². The fraction of sp³-hybridized carbons (Fsp3) is 0.386. The number of aliphatic hydroxyl groups is 1. The molecule has 0 aliphatic carbocycles. The zero-order chi connectivity index (χ0) is 53.1. The van der Waals surface area contributed by atoms with E-state index < -0.39 is 29.5 Å². The van der Waals surface area contributed by atoms with Crippen molar-refractivity contribution in [3.8, 4) is 21.7 Å². The summed E-state index contributed by atoms with van der Waals surface area (Å²) in [6, 6.07) is 25.0. The van der Waals surface area contributed by atoms with Crippen molar-refractivity contribution in [2.24, 2.45) is 5.41 Å². The Balaban J connectivity index is 0.723. The summed E-state index contributed by atoms with van der Waals surface area (Å²) in [5.74, 6) is -0.732. The summed E-state index contributed by atoms with van der Waals surface area (Å²) < 4.78 is 0. The molecule has 5 N–H and O–H groups in total.